The second kappa shape index (κ2) is 7.58. The molecule has 0 radical (unpaired) electrons. The van der Waals surface area contributed by atoms with Crippen molar-refractivity contribution in [2.24, 2.45) is 0 Å². The Morgan fingerprint density at radius 3 is 2.69 bits per heavy atom. The first-order valence-corrected chi connectivity index (χ1v) is 9.26. The summed E-state index contributed by atoms with van der Waals surface area (Å²) in [7, 11) is -3.90. The highest BCUT2D eigenvalue weighted by atomic mass is 32.2. The molecule has 0 fully saturated rings. The third-order valence-corrected chi connectivity index (χ3v) is 5.07. The molecule has 8 nitrogen and oxygen atoms in total. The van der Waals surface area contributed by atoms with E-state index >= 15 is 0 Å². The highest BCUT2D eigenvalue weighted by molar-refractivity contribution is 7.89. The van der Waals surface area contributed by atoms with Gasteiger partial charge in [-0.05, 0) is 19.1 Å². The molecule has 26 heavy (non-hydrogen) atoms. The van der Waals surface area contributed by atoms with Crippen LogP contribution in [0.5, 0.6) is 0 Å². The Hall–Kier alpha value is -2.85. The van der Waals surface area contributed by atoms with Crippen LogP contribution in [0.2, 0.25) is 0 Å². The zero-order valence-corrected chi connectivity index (χ0v) is 14.7. The topological polar surface area (TPSA) is 102 Å². The monoisotopic (exact) mass is 376 g/mol. The Kier molecular flexibility index (Phi) is 5.24. The molecule has 0 saturated heterocycles. The van der Waals surface area contributed by atoms with Crippen LogP contribution in [0.3, 0.4) is 0 Å². The minimum Gasteiger partial charge on any atom is -0.369 e. The van der Waals surface area contributed by atoms with Crippen molar-refractivity contribution in [1.82, 2.24) is 24.2 Å². The van der Waals surface area contributed by atoms with E-state index in [2.05, 4.69) is 25.0 Å². The van der Waals surface area contributed by atoms with E-state index in [0.29, 0.717) is 11.6 Å². The first kappa shape index (κ1) is 18.0. The lowest BCUT2D eigenvalue weighted by Gasteiger charge is -2.10. The van der Waals surface area contributed by atoms with Crippen molar-refractivity contribution in [3.8, 4) is 5.82 Å². The normalized spacial score (nSPS) is 11.5. The number of aryl methyl sites for hydroxylation is 1. The van der Waals surface area contributed by atoms with Gasteiger partial charge in [0.05, 0.1) is 0 Å². The van der Waals surface area contributed by atoms with Gasteiger partial charge in [-0.1, -0.05) is 12.1 Å². The number of benzene rings is 1. The minimum atomic E-state index is -3.90. The van der Waals surface area contributed by atoms with Gasteiger partial charge in [0.2, 0.25) is 10.0 Å². The highest BCUT2D eigenvalue weighted by Gasteiger charge is 2.17. The third kappa shape index (κ3) is 4.03. The van der Waals surface area contributed by atoms with Crippen LogP contribution in [0.1, 0.15) is 5.82 Å². The molecule has 10 heteroatoms. The Labute approximate surface area is 150 Å². The molecule has 0 saturated carbocycles. The fraction of sp³-hybridized carbons (Fsp3) is 0.188. The molecule has 2 aromatic heterocycles. The van der Waals surface area contributed by atoms with Crippen LogP contribution in [0.4, 0.5) is 10.2 Å². The summed E-state index contributed by atoms with van der Waals surface area (Å²) in [5.74, 6) is 1.18. The Bertz CT molecular complexity index is 1010. The van der Waals surface area contributed by atoms with Gasteiger partial charge >= 0.3 is 0 Å². The lowest BCUT2D eigenvalue weighted by Crippen LogP contribution is -2.29. The van der Waals surface area contributed by atoms with Gasteiger partial charge in [-0.25, -0.2) is 32.5 Å². The molecule has 0 bridgehead atoms. The van der Waals surface area contributed by atoms with E-state index in [-0.39, 0.29) is 18.0 Å². The first-order valence-electron chi connectivity index (χ1n) is 7.78. The molecule has 0 aliphatic carbocycles. The van der Waals surface area contributed by atoms with Crippen molar-refractivity contribution < 1.29 is 12.8 Å². The van der Waals surface area contributed by atoms with Crippen LogP contribution < -0.4 is 10.0 Å². The van der Waals surface area contributed by atoms with Crippen molar-refractivity contribution in [3.05, 3.63) is 60.7 Å². The quantitative estimate of drug-likeness (QED) is 0.606. The number of aromatic nitrogens is 4. The fourth-order valence-corrected chi connectivity index (χ4v) is 3.42. The second-order valence-corrected chi connectivity index (χ2v) is 7.10. The predicted molar refractivity (Wildman–Crippen MR) is 94.0 cm³/mol. The maximum absolute atomic E-state index is 13.6. The Balaban J connectivity index is 1.59. The summed E-state index contributed by atoms with van der Waals surface area (Å²) >= 11 is 0. The van der Waals surface area contributed by atoms with Crippen molar-refractivity contribution >= 4 is 15.8 Å². The van der Waals surface area contributed by atoms with Crippen LogP contribution >= 0.6 is 0 Å². The van der Waals surface area contributed by atoms with E-state index in [9.17, 15) is 12.8 Å². The molecule has 3 aromatic rings. The lowest BCUT2D eigenvalue weighted by atomic mass is 10.4. The number of halogens is 1. The molecule has 0 amide bonds. The number of sulfonamides is 1. The molecule has 1 aromatic carbocycles. The molecule has 3 rings (SSSR count). The number of hydrogen-bond acceptors (Lipinski definition) is 6. The van der Waals surface area contributed by atoms with E-state index in [1.165, 1.54) is 24.5 Å². The van der Waals surface area contributed by atoms with E-state index in [0.717, 1.165) is 11.9 Å². The fourth-order valence-electron chi connectivity index (χ4n) is 2.31. The smallest absolute Gasteiger partial charge is 0.243 e. The largest absolute Gasteiger partial charge is 0.369 e. The number of rotatable bonds is 7. The number of hydrogen-bond donors (Lipinski definition) is 2. The molecular formula is C16H17FN6O2S. The first-order chi connectivity index (χ1) is 12.5. The van der Waals surface area contributed by atoms with Gasteiger partial charge in [0.1, 0.15) is 34.5 Å². The van der Waals surface area contributed by atoms with Crippen LogP contribution in [0.15, 0.2) is 53.9 Å². The van der Waals surface area contributed by atoms with Crippen molar-refractivity contribution in [1.29, 1.82) is 0 Å². The Morgan fingerprint density at radius 1 is 1.15 bits per heavy atom. The van der Waals surface area contributed by atoms with E-state index < -0.39 is 15.8 Å². The molecule has 2 heterocycles. The summed E-state index contributed by atoms with van der Waals surface area (Å²) in [5.41, 5.74) is 0. The summed E-state index contributed by atoms with van der Waals surface area (Å²) in [4.78, 5) is 12.0. The maximum Gasteiger partial charge on any atom is 0.243 e. The van der Waals surface area contributed by atoms with E-state index in [1.54, 1.807) is 23.0 Å². The van der Waals surface area contributed by atoms with E-state index in [4.69, 9.17) is 0 Å². The van der Waals surface area contributed by atoms with Gasteiger partial charge in [0.25, 0.3) is 0 Å². The van der Waals surface area contributed by atoms with Gasteiger partial charge in [0.15, 0.2) is 0 Å². The number of nitrogens with zero attached hydrogens (tertiary/aromatic N) is 4. The molecule has 0 aliphatic heterocycles. The molecular weight excluding hydrogens is 359 g/mol. The SMILES string of the molecule is Cc1nccn1-c1cc(NCCNS(=O)(=O)c2ccccc2F)ncn1. The third-order valence-electron chi connectivity index (χ3n) is 3.57. The van der Waals surface area contributed by atoms with E-state index in [1.807, 2.05) is 6.92 Å². The lowest BCUT2D eigenvalue weighted by molar-refractivity contribution is 0.558. The van der Waals surface area contributed by atoms with Gasteiger partial charge in [0, 0.05) is 31.5 Å². The Morgan fingerprint density at radius 2 is 1.96 bits per heavy atom. The van der Waals surface area contributed by atoms with Crippen LogP contribution in [0.25, 0.3) is 5.82 Å². The number of nitrogens with one attached hydrogen (secondary N) is 2. The van der Waals surface area contributed by atoms with Crippen molar-refractivity contribution in [2.45, 2.75) is 11.8 Å². The summed E-state index contributed by atoms with van der Waals surface area (Å²) in [6, 6.07) is 6.95. The van der Waals surface area contributed by atoms with Gasteiger partial charge in [-0.3, -0.25) is 4.57 Å². The van der Waals surface area contributed by atoms with Gasteiger partial charge in [-0.15, -0.1) is 0 Å². The number of anilines is 1. The summed E-state index contributed by atoms with van der Waals surface area (Å²) < 4.78 is 42.0. The van der Waals surface area contributed by atoms with Crippen LogP contribution in [0, 0.1) is 12.7 Å². The molecule has 2 N–H and O–H groups in total. The molecule has 0 aliphatic rings. The minimum absolute atomic E-state index is 0.0696. The zero-order valence-electron chi connectivity index (χ0n) is 13.9. The van der Waals surface area contributed by atoms with Gasteiger partial charge in [-0.2, -0.15) is 0 Å². The van der Waals surface area contributed by atoms with Crippen molar-refractivity contribution in [3.63, 3.8) is 0 Å². The molecule has 0 unspecified atom stereocenters. The zero-order chi connectivity index (χ0) is 18.6. The number of imidazole rings is 1. The summed E-state index contributed by atoms with van der Waals surface area (Å²) in [6.07, 6.45) is 4.85. The maximum atomic E-state index is 13.6. The van der Waals surface area contributed by atoms with Crippen molar-refractivity contribution in [2.75, 3.05) is 18.4 Å². The van der Waals surface area contributed by atoms with Crippen LogP contribution in [-0.4, -0.2) is 41.0 Å². The average molecular weight is 376 g/mol. The molecule has 0 spiro atoms. The molecule has 136 valence electrons. The van der Waals surface area contributed by atoms with Crippen LogP contribution in [-0.2, 0) is 10.0 Å². The standard InChI is InChI=1S/C16H17FN6O2S/c1-12-18-8-9-23(12)16-10-15(20-11-21-16)19-6-7-22-26(24,25)14-5-3-2-4-13(14)17/h2-5,8-11,22H,6-7H2,1H3,(H,19,20,21). The average Bonchev–Trinajstić information content (AvgIpc) is 3.05. The predicted octanol–water partition coefficient (Wildman–Crippen LogP) is 1.50. The summed E-state index contributed by atoms with van der Waals surface area (Å²) in [6.45, 7) is 2.19. The van der Waals surface area contributed by atoms with Gasteiger partial charge < -0.3 is 5.32 Å². The second-order valence-electron chi connectivity index (χ2n) is 5.36. The molecule has 0 atom stereocenters. The summed E-state index contributed by atoms with van der Waals surface area (Å²) in [5, 5.41) is 3.00. The highest BCUT2D eigenvalue weighted by Crippen LogP contribution is 2.13.